The predicted octanol–water partition coefficient (Wildman–Crippen LogP) is 2.89. The molecule has 2 aliphatic rings. The minimum absolute atomic E-state index is 0.0164. The Bertz CT molecular complexity index is 651. The monoisotopic (exact) mass is 300 g/mol. The van der Waals surface area contributed by atoms with Gasteiger partial charge in [0.05, 0.1) is 19.3 Å². The number of fused-ring (bicyclic) bond motifs is 3. The van der Waals surface area contributed by atoms with Gasteiger partial charge in [0.15, 0.2) is 6.29 Å². The van der Waals surface area contributed by atoms with E-state index in [1.165, 1.54) is 16.3 Å². The summed E-state index contributed by atoms with van der Waals surface area (Å²) in [6.07, 6.45) is 0.578. The van der Waals surface area contributed by atoms with Gasteiger partial charge < -0.3 is 18.9 Å². The van der Waals surface area contributed by atoms with Gasteiger partial charge in [0.25, 0.3) is 0 Å². The van der Waals surface area contributed by atoms with E-state index in [2.05, 4.69) is 42.5 Å². The van der Waals surface area contributed by atoms with Gasteiger partial charge in [-0.25, -0.2) is 0 Å². The Kier molecular flexibility index (Phi) is 3.84. The van der Waals surface area contributed by atoms with E-state index >= 15 is 0 Å². The molecule has 0 aliphatic carbocycles. The Morgan fingerprint density at radius 2 is 1.95 bits per heavy atom. The van der Waals surface area contributed by atoms with Crippen LogP contribution in [0.15, 0.2) is 42.5 Å². The van der Waals surface area contributed by atoms with E-state index in [1.54, 1.807) is 7.11 Å². The average Bonchev–Trinajstić information content (AvgIpc) is 2.99. The van der Waals surface area contributed by atoms with Gasteiger partial charge in [-0.15, -0.1) is 0 Å². The van der Waals surface area contributed by atoms with E-state index in [0.29, 0.717) is 13.2 Å². The summed E-state index contributed by atoms with van der Waals surface area (Å²) in [6, 6.07) is 14.7. The molecule has 0 amide bonds. The molecule has 116 valence electrons. The van der Waals surface area contributed by atoms with Crippen LogP contribution in [0.5, 0.6) is 0 Å². The number of ether oxygens (including phenoxy) is 4. The minimum atomic E-state index is -0.229. The molecule has 2 fully saturated rings. The number of rotatable bonds is 4. The first-order chi connectivity index (χ1) is 10.8. The van der Waals surface area contributed by atoms with Crippen molar-refractivity contribution >= 4 is 10.8 Å². The van der Waals surface area contributed by atoms with Crippen LogP contribution in [0.4, 0.5) is 0 Å². The fourth-order valence-electron chi connectivity index (χ4n) is 3.32. The maximum atomic E-state index is 6.15. The second kappa shape index (κ2) is 5.97. The molecule has 0 N–H and O–H groups in total. The van der Waals surface area contributed by atoms with E-state index in [0.717, 1.165) is 6.42 Å². The smallest absolute Gasteiger partial charge is 0.184 e. The van der Waals surface area contributed by atoms with Crippen LogP contribution in [-0.2, 0) is 25.6 Å². The van der Waals surface area contributed by atoms with E-state index in [-0.39, 0.29) is 24.6 Å². The van der Waals surface area contributed by atoms with Crippen LogP contribution in [0.25, 0.3) is 10.8 Å². The molecule has 4 rings (SSSR count). The molecule has 4 heteroatoms. The van der Waals surface area contributed by atoms with Crippen molar-refractivity contribution < 1.29 is 18.9 Å². The summed E-state index contributed by atoms with van der Waals surface area (Å²) in [4.78, 5) is 0. The lowest BCUT2D eigenvalue weighted by Crippen LogP contribution is -2.44. The van der Waals surface area contributed by atoms with Crippen molar-refractivity contribution in [3.63, 3.8) is 0 Å². The highest BCUT2D eigenvalue weighted by molar-refractivity contribution is 5.85. The lowest BCUT2D eigenvalue weighted by atomic mass is 10.0. The van der Waals surface area contributed by atoms with E-state index in [9.17, 15) is 0 Å². The van der Waals surface area contributed by atoms with Crippen molar-refractivity contribution in [1.82, 2.24) is 0 Å². The second-order valence-electron chi connectivity index (χ2n) is 5.87. The van der Waals surface area contributed by atoms with Crippen molar-refractivity contribution in [2.45, 2.75) is 37.6 Å². The van der Waals surface area contributed by atoms with Gasteiger partial charge in [-0.2, -0.15) is 0 Å². The predicted molar refractivity (Wildman–Crippen MR) is 82.6 cm³/mol. The van der Waals surface area contributed by atoms with Gasteiger partial charge in [-0.3, -0.25) is 0 Å². The maximum absolute atomic E-state index is 6.15. The van der Waals surface area contributed by atoms with E-state index < -0.39 is 0 Å². The summed E-state index contributed by atoms with van der Waals surface area (Å²) >= 11 is 0. The fourth-order valence-corrected chi connectivity index (χ4v) is 3.32. The molecule has 0 unspecified atom stereocenters. The van der Waals surface area contributed by atoms with Crippen molar-refractivity contribution in [2.24, 2.45) is 0 Å². The zero-order valence-electron chi connectivity index (χ0n) is 12.6. The zero-order chi connectivity index (χ0) is 14.9. The van der Waals surface area contributed by atoms with Crippen LogP contribution < -0.4 is 0 Å². The first-order valence-electron chi connectivity index (χ1n) is 7.73. The molecule has 2 aromatic carbocycles. The second-order valence-corrected chi connectivity index (χ2v) is 5.87. The molecule has 22 heavy (non-hydrogen) atoms. The quantitative estimate of drug-likeness (QED) is 0.870. The van der Waals surface area contributed by atoms with Crippen LogP contribution in [0, 0.1) is 0 Å². The number of hydrogen-bond acceptors (Lipinski definition) is 4. The van der Waals surface area contributed by atoms with Gasteiger partial charge in [0.1, 0.15) is 12.2 Å². The van der Waals surface area contributed by atoms with Gasteiger partial charge in [-0.1, -0.05) is 42.5 Å². The molecule has 4 atom stereocenters. The van der Waals surface area contributed by atoms with Gasteiger partial charge in [0.2, 0.25) is 0 Å². The highest BCUT2D eigenvalue weighted by Gasteiger charge is 2.44. The van der Waals surface area contributed by atoms with Crippen LogP contribution in [0.2, 0.25) is 0 Å². The molecule has 0 spiro atoms. The molecule has 2 bridgehead atoms. The zero-order valence-corrected chi connectivity index (χ0v) is 12.6. The van der Waals surface area contributed by atoms with Crippen molar-refractivity contribution in [2.75, 3.05) is 13.7 Å². The first-order valence-corrected chi connectivity index (χ1v) is 7.73. The summed E-state index contributed by atoms with van der Waals surface area (Å²) in [5.74, 6) is 0. The minimum Gasteiger partial charge on any atom is -0.376 e. The van der Waals surface area contributed by atoms with Crippen LogP contribution in [0.1, 0.15) is 12.0 Å². The van der Waals surface area contributed by atoms with Crippen molar-refractivity contribution in [3.8, 4) is 0 Å². The summed E-state index contributed by atoms with van der Waals surface area (Å²) in [7, 11) is 1.69. The van der Waals surface area contributed by atoms with Gasteiger partial charge >= 0.3 is 0 Å². The number of benzene rings is 2. The Hall–Kier alpha value is -1.46. The third-order valence-corrected chi connectivity index (χ3v) is 4.55. The Balaban J connectivity index is 1.50. The summed E-state index contributed by atoms with van der Waals surface area (Å²) in [5, 5.41) is 2.48. The summed E-state index contributed by atoms with van der Waals surface area (Å²) in [5.41, 5.74) is 1.20. The lowest BCUT2D eigenvalue weighted by molar-refractivity contribution is -0.200. The lowest BCUT2D eigenvalue weighted by Gasteiger charge is -2.32. The van der Waals surface area contributed by atoms with Gasteiger partial charge in [0, 0.05) is 13.5 Å². The maximum Gasteiger partial charge on any atom is 0.184 e. The van der Waals surface area contributed by atoms with Gasteiger partial charge in [-0.05, 0) is 16.3 Å². The highest BCUT2D eigenvalue weighted by Crippen LogP contribution is 2.32. The fraction of sp³-hybridized carbons (Fsp3) is 0.444. The van der Waals surface area contributed by atoms with E-state index in [4.69, 9.17) is 18.9 Å². The van der Waals surface area contributed by atoms with Crippen molar-refractivity contribution in [3.05, 3.63) is 48.0 Å². The molecule has 2 aromatic rings. The molecular weight excluding hydrogens is 280 g/mol. The molecule has 2 saturated heterocycles. The number of hydrogen-bond donors (Lipinski definition) is 0. The molecule has 2 aliphatic heterocycles. The summed E-state index contributed by atoms with van der Waals surface area (Å²) in [6.45, 7) is 1.16. The Labute approximate surface area is 129 Å². The third-order valence-electron chi connectivity index (χ3n) is 4.55. The van der Waals surface area contributed by atoms with Crippen LogP contribution >= 0.6 is 0 Å². The molecule has 0 radical (unpaired) electrons. The van der Waals surface area contributed by atoms with Crippen molar-refractivity contribution in [1.29, 1.82) is 0 Å². The molecule has 0 aromatic heterocycles. The first kappa shape index (κ1) is 14.2. The third kappa shape index (κ3) is 2.52. The molecule has 4 nitrogen and oxygen atoms in total. The van der Waals surface area contributed by atoms with Crippen LogP contribution in [0.3, 0.4) is 0 Å². The van der Waals surface area contributed by atoms with Crippen LogP contribution in [-0.4, -0.2) is 38.3 Å². The van der Waals surface area contributed by atoms with E-state index in [1.807, 2.05) is 0 Å². The molecule has 2 heterocycles. The Morgan fingerprint density at radius 3 is 2.86 bits per heavy atom. The highest BCUT2D eigenvalue weighted by atomic mass is 16.7. The Morgan fingerprint density at radius 1 is 1.09 bits per heavy atom. The topological polar surface area (TPSA) is 36.9 Å². The molecular formula is C18H20O4. The average molecular weight is 300 g/mol. The molecule has 0 saturated carbocycles. The number of methoxy groups -OCH3 is 1. The largest absolute Gasteiger partial charge is 0.376 e. The normalized spacial score (nSPS) is 30.8. The summed E-state index contributed by atoms with van der Waals surface area (Å²) < 4.78 is 23.0. The SMILES string of the molecule is CO[C@@H]1C[C@H](OCc2cccc3ccccc23)[C@H]2CO[C@@H]1O2. The standard InChI is InChI=1S/C18H20O4/c1-19-16-9-15(17-11-21-18(16)22-17)20-10-13-7-4-6-12-5-2-3-8-14(12)13/h2-8,15-18H,9-11H2,1H3/t15-,16+,17+,18+/m0/s1.